The lowest BCUT2D eigenvalue weighted by Gasteiger charge is -2.30. The number of amides is 1. The second kappa shape index (κ2) is 5.72. The van der Waals surface area contributed by atoms with Crippen LogP contribution in [-0.4, -0.2) is 44.1 Å². The van der Waals surface area contributed by atoms with E-state index in [0.717, 1.165) is 73.3 Å². The van der Waals surface area contributed by atoms with E-state index in [1.807, 2.05) is 23.1 Å². The maximum atomic E-state index is 12.8. The van der Waals surface area contributed by atoms with Gasteiger partial charge in [0.2, 0.25) is 0 Å². The van der Waals surface area contributed by atoms with Gasteiger partial charge in [-0.25, -0.2) is 4.98 Å². The molecular weight excluding hydrogens is 314 g/mol. The average molecular weight is 335 g/mol. The minimum absolute atomic E-state index is 0.0856. The highest BCUT2D eigenvalue weighted by atomic mass is 16.2. The standard InChI is InChI=1S/C19H21N5O/c25-19(17-13-4-3-7-14(13)22-23-17)24-10-8-12(9-11-24)18-20-15-5-1-2-6-16(15)21-18/h1-2,5-6,12H,3-4,7-11H2,(H,20,21)(H,22,23). The summed E-state index contributed by atoms with van der Waals surface area (Å²) in [5, 5.41) is 7.33. The molecular formula is C19H21N5O. The van der Waals surface area contributed by atoms with Gasteiger partial charge >= 0.3 is 0 Å². The van der Waals surface area contributed by atoms with Crippen molar-refractivity contribution < 1.29 is 4.79 Å². The number of H-pyrrole nitrogens is 2. The third kappa shape index (κ3) is 2.44. The van der Waals surface area contributed by atoms with E-state index in [1.165, 1.54) is 0 Å². The van der Waals surface area contributed by atoms with Crippen LogP contribution in [-0.2, 0) is 12.8 Å². The van der Waals surface area contributed by atoms with Crippen molar-refractivity contribution in [1.29, 1.82) is 0 Å². The van der Waals surface area contributed by atoms with E-state index in [2.05, 4.69) is 21.2 Å². The molecule has 0 bridgehead atoms. The summed E-state index contributed by atoms with van der Waals surface area (Å²) in [5.41, 5.74) is 5.05. The zero-order valence-electron chi connectivity index (χ0n) is 14.1. The summed E-state index contributed by atoms with van der Waals surface area (Å²) in [5.74, 6) is 1.53. The highest BCUT2D eigenvalue weighted by Gasteiger charge is 2.30. The van der Waals surface area contributed by atoms with Crippen molar-refractivity contribution in [1.82, 2.24) is 25.1 Å². The Kier molecular flexibility index (Phi) is 3.36. The first kappa shape index (κ1) is 14.7. The molecule has 3 heterocycles. The lowest BCUT2D eigenvalue weighted by Crippen LogP contribution is -2.38. The summed E-state index contributed by atoms with van der Waals surface area (Å²) in [6, 6.07) is 8.12. The van der Waals surface area contributed by atoms with Crippen molar-refractivity contribution in [2.24, 2.45) is 0 Å². The van der Waals surface area contributed by atoms with Crippen LogP contribution in [0.3, 0.4) is 0 Å². The Balaban J connectivity index is 1.30. The summed E-state index contributed by atoms with van der Waals surface area (Å²) >= 11 is 0. The van der Waals surface area contributed by atoms with Gasteiger partial charge in [0.05, 0.1) is 11.0 Å². The molecule has 1 aliphatic carbocycles. The Bertz CT molecular complexity index is 899. The second-order valence-corrected chi connectivity index (χ2v) is 7.09. The quantitative estimate of drug-likeness (QED) is 0.756. The van der Waals surface area contributed by atoms with Crippen LogP contribution in [0.25, 0.3) is 11.0 Å². The number of carbonyl (C=O) groups excluding carboxylic acids is 1. The highest BCUT2D eigenvalue weighted by Crippen LogP contribution is 2.29. The Morgan fingerprint density at radius 2 is 2.00 bits per heavy atom. The van der Waals surface area contributed by atoms with Gasteiger partial charge in [0.15, 0.2) is 5.69 Å². The van der Waals surface area contributed by atoms with E-state index in [9.17, 15) is 4.79 Å². The van der Waals surface area contributed by atoms with Crippen molar-refractivity contribution in [2.75, 3.05) is 13.1 Å². The van der Waals surface area contributed by atoms with Gasteiger partial charge < -0.3 is 9.88 Å². The number of aryl methyl sites for hydroxylation is 1. The molecule has 128 valence electrons. The third-order valence-electron chi connectivity index (χ3n) is 5.59. The lowest BCUT2D eigenvalue weighted by atomic mass is 9.96. The Morgan fingerprint density at radius 1 is 1.16 bits per heavy atom. The van der Waals surface area contributed by atoms with Gasteiger partial charge in [0.25, 0.3) is 5.91 Å². The molecule has 5 rings (SSSR count). The highest BCUT2D eigenvalue weighted by molar-refractivity contribution is 5.94. The zero-order valence-corrected chi connectivity index (χ0v) is 14.1. The molecule has 3 aromatic rings. The number of carbonyl (C=O) groups is 1. The van der Waals surface area contributed by atoms with Crippen LogP contribution in [0.5, 0.6) is 0 Å². The number of fused-ring (bicyclic) bond motifs is 2. The SMILES string of the molecule is O=C(c1n[nH]c2c1CCC2)N1CCC(c2nc3ccccc3[nH]2)CC1. The molecule has 1 aromatic carbocycles. The average Bonchev–Trinajstić information content (AvgIpc) is 3.36. The van der Waals surface area contributed by atoms with E-state index >= 15 is 0 Å². The van der Waals surface area contributed by atoms with Crippen LogP contribution < -0.4 is 0 Å². The van der Waals surface area contributed by atoms with Crippen molar-refractivity contribution in [3.05, 3.63) is 47.0 Å². The molecule has 0 atom stereocenters. The molecule has 1 saturated heterocycles. The predicted octanol–water partition coefficient (Wildman–Crippen LogP) is 2.79. The van der Waals surface area contributed by atoms with Gasteiger partial charge in [0.1, 0.15) is 5.82 Å². The number of hydrogen-bond donors (Lipinski definition) is 2. The first-order chi connectivity index (χ1) is 12.3. The van der Waals surface area contributed by atoms with Gasteiger partial charge in [-0.1, -0.05) is 12.1 Å². The molecule has 0 unspecified atom stereocenters. The van der Waals surface area contributed by atoms with E-state index in [4.69, 9.17) is 4.98 Å². The first-order valence-corrected chi connectivity index (χ1v) is 9.09. The van der Waals surface area contributed by atoms with Crippen LogP contribution in [0.1, 0.15) is 52.8 Å². The molecule has 2 aliphatic rings. The number of hydrogen-bond acceptors (Lipinski definition) is 3. The topological polar surface area (TPSA) is 77.7 Å². The fourth-order valence-corrected chi connectivity index (χ4v) is 4.17. The molecule has 0 spiro atoms. The molecule has 6 heteroatoms. The van der Waals surface area contributed by atoms with Gasteiger partial charge in [0, 0.05) is 30.3 Å². The first-order valence-electron chi connectivity index (χ1n) is 9.09. The second-order valence-electron chi connectivity index (χ2n) is 7.09. The molecule has 25 heavy (non-hydrogen) atoms. The summed E-state index contributed by atoms with van der Waals surface area (Å²) in [7, 11) is 0. The monoisotopic (exact) mass is 335 g/mol. The fourth-order valence-electron chi connectivity index (χ4n) is 4.17. The fraction of sp³-hybridized carbons (Fsp3) is 0.421. The lowest BCUT2D eigenvalue weighted by molar-refractivity contribution is 0.0704. The summed E-state index contributed by atoms with van der Waals surface area (Å²) in [6.07, 6.45) is 5.00. The number of nitrogens with zero attached hydrogens (tertiary/aromatic N) is 3. The number of imidazole rings is 1. The number of likely N-dealkylation sites (tertiary alicyclic amines) is 1. The number of piperidine rings is 1. The molecule has 1 aliphatic heterocycles. The number of benzene rings is 1. The maximum absolute atomic E-state index is 12.8. The number of aromatic amines is 2. The largest absolute Gasteiger partial charge is 0.342 e. The number of aromatic nitrogens is 4. The van der Waals surface area contributed by atoms with Crippen molar-refractivity contribution >= 4 is 16.9 Å². The van der Waals surface area contributed by atoms with Crippen LogP contribution >= 0.6 is 0 Å². The smallest absolute Gasteiger partial charge is 0.274 e. The summed E-state index contributed by atoms with van der Waals surface area (Å²) < 4.78 is 0. The normalized spacial score (nSPS) is 18.0. The molecule has 0 saturated carbocycles. The van der Waals surface area contributed by atoms with Crippen molar-refractivity contribution in [2.45, 2.75) is 38.0 Å². The van der Waals surface area contributed by atoms with E-state index < -0.39 is 0 Å². The number of rotatable bonds is 2. The van der Waals surface area contributed by atoms with Crippen LogP contribution in [0.4, 0.5) is 0 Å². The predicted molar refractivity (Wildman–Crippen MR) is 94.6 cm³/mol. The number of nitrogens with one attached hydrogen (secondary N) is 2. The van der Waals surface area contributed by atoms with E-state index in [-0.39, 0.29) is 5.91 Å². The minimum atomic E-state index is 0.0856. The Labute approximate surface area is 145 Å². The van der Waals surface area contributed by atoms with Gasteiger partial charge in [-0.15, -0.1) is 0 Å². The van der Waals surface area contributed by atoms with Crippen LogP contribution in [0, 0.1) is 0 Å². The molecule has 2 aromatic heterocycles. The van der Waals surface area contributed by atoms with Crippen LogP contribution in [0.2, 0.25) is 0 Å². The summed E-state index contributed by atoms with van der Waals surface area (Å²) in [4.78, 5) is 22.9. The molecule has 1 fully saturated rings. The van der Waals surface area contributed by atoms with Gasteiger partial charge in [-0.3, -0.25) is 9.89 Å². The Morgan fingerprint density at radius 3 is 2.84 bits per heavy atom. The molecule has 1 amide bonds. The van der Waals surface area contributed by atoms with Crippen molar-refractivity contribution in [3.63, 3.8) is 0 Å². The number of para-hydroxylation sites is 2. The molecule has 6 nitrogen and oxygen atoms in total. The summed E-state index contributed by atoms with van der Waals surface area (Å²) in [6.45, 7) is 1.53. The zero-order chi connectivity index (χ0) is 16.8. The van der Waals surface area contributed by atoms with E-state index in [1.54, 1.807) is 0 Å². The molecule has 2 N–H and O–H groups in total. The van der Waals surface area contributed by atoms with E-state index in [0.29, 0.717) is 11.6 Å². The van der Waals surface area contributed by atoms with Gasteiger partial charge in [-0.2, -0.15) is 5.10 Å². The van der Waals surface area contributed by atoms with Crippen molar-refractivity contribution in [3.8, 4) is 0 Å². The minimum Gasteiger partial charge on any atom is -0.342 e. The Hall–Kier alpha value is -2.63. The molecule has 0 radical (unpaired) electrons. The van der Waals surface area contributed by atoms with Gasteiger partial charge in [-0.05, 0) is 44.2 Å². The third-order valence-corrected chi connectivity index (χ3v) is 5.59. The van der Waals surface area contributed by atoms with Crippen LogP contribution in [0.15, 0.2) is 24.3 Å². The maximum Gasteiger partial charge on any atom is 0.274 e.